The van der Waals surface area contributed by atoms with Crippen LogP contribution in [0.15, 0.2) is 12.1 Å². The molecule has 0 bridgehead atoms. The van der Waals surface area contributed by atoms with Crippen molar-refractivity contribution in [2.75, 3.05) is 38.8 Å². The van der Waals surface area contributed by atoms with Gasteiger partial charge in [0.25, 0.3) is 0 Å². The number of benzene rings is 1. The minimum atomic E-state index is 0.903. The fourth-order valence-corrected chi connectivity index (χ4v) is 3.55. The molecule has 18 heavy (non-hydrogen) atoms. The standard InChI is InChI=1S/C14H21NO2S/c1-11-13(16-2)5-4-12(14(11)17-3)10-15-6-8-18-9-7-15/h4-5H,6-10H2,1-3H3/p+1. The molecule has 0 aliphatic carbocycles. The largest absolute Gasteiger partial charge is 0.496 e. The van der Waals surface area contributed by atoms with Gasteiger partial charge in [-0.05, 0) is 19.1 Å². The van der Waals surface area contributed by atoms with Crippen molar-refractivity contribution < 1.29 is 14.4 Å². The van der Waals surface area contributed by atoms with Crippen LogP contribution in [0.2, 0.25) is 0 Å². The van der Waals surface area contributed by atoms with E-state index in [-0.39, 0.29) is 0 Å². The average Bonchev–Trinajstić information content (AvgIpc) is 2.40. The Morgan fingerprint density at radius 3 is 2.50 bits per heavy atom. The molecule has 1 aliphatic rings. The van der Waals surface area contributed by atoms with E-state index in [0.29, 0.717) is 0 Å². The van der Waals surface area contributed by atoms with Crippen LogP contribution in [0.3, 0.4) is 0 Å². The van der Waals surface area contributed by atoms with Crippen LogP contribution in [-0.2, 0) is 6.54 Å². The number of quaternary nitrogens is 1. The number of ether oxygens (including phenoxy) is 2. The molecule has 100 valence electrons. The van der Waals surface area contributed by atoms with E-state index in [4.69, 9.17) is 9.47 Å². The highest BCUT2D eigenvalue weighted by Crippen LogP contribution is 2.30. The van der Waals surface area contributed by atoms with Crippen molar-refractivity contribution in [3.05, 3.63) is 23.3 Å². The lowest BCUT2D eigenvalue weighted by Gasteiger charge is -2.24. The molecule has 1 aliphatic heterocycles. The molecule has 0 atom stereocenters. The maximum atomic E-state index is 5.56. The first-order chi connectivity index (χ1) is 8.76. The van der Waals surface area contributed by atoms with Gasteiger partial charge in [-0.2, -0.15) is 11.8 Å². The molecule has 0 saturated carbocycles. The second kappa shape index (κ2) is 6.34. The smallest absolute Gasteiger partial charge is 0.134 e. The van der Waals surface area contributed by atoms with Crippen molar-refractivity contribution >= 4 is 11.8 Å². The van der Waals surface area contributed by atoms with Crippen LogP contribution < -0.4 is 14.4 Å². The van der Waals surface area contributed by atoms with E-state index in [2.05, 4.69) is 24.8 Å². The molecule has 1 fully saturated rings. The summed E-state index contributed by atoms with van der Waals surface area (Å²) in [5, 5.41) is 0. The molecule has 3 nitrogen and oxygen atoms in total. The summed E-state index contributed by atoms with van der Waals surface area (Å²) in [7, 11) is 3.45. The lowest BCUT2D eigenvalue weighted by atomic mass is 10.1. The molecule has 0 aromatic heterocycles. The predicted octanol–water partition coefficient (Wildman–Crippen LogP) is 1.14. The minimum Gasteiger partial charge on any atom is -0.496 e. The Morgan fingerprint density at radius 1 is 1.17 bits per heavy atom. The van der Waals surface area contributed by atoms with Gasteiger partial charge in [0.2, 0.25) is 0 Å². The molecule has 2 rings (SSSR count). The molecule has 0 amide bonds. The van der Waals surface area contributed by atoms with Crippen LogP contribution in [0.5, 0.6) is 11.5 Å². The van der Waals surface area contributed by atoms with E-state index in [1.807, 2.05) is 6.07 Å². The molecule has 4 heteroatoms. The van der Waals surface area contributed by atoms with E-state index in [1.54, 1.807) is 19.1 Å². The number of hydrogen-bond donors (Lipinski definition) is 1. The van der Waals surface area contributed by atoms with Gasteiger partial charge in [-0.15, -0.1) is 0 Å². The van der Waals surface area contributed by atoms with Crippen LogP contribution >= 0.6 is 11.8 Å². The second-order valence-electron chi connectivity index (χ2n) is 4.62. The van der Waals surface area contributed by atoms with E-state index < -0.39 is 0 Å². The summed E-state index contributed by atoms with van der Waals surface area (Å²) in [5.41, 5.74) is 2.39. The zero-order valence-electron chi connectivity index (χ0n) is 11.4. The number of thioether (sulfide) groups is 1. The fraction of sp³-hybridized carbons (Fsp3) is 0.571. The molecule has 1 aromatic rings. The van der Waals surface area contributed by atoms with Gasteiger partial charge < -0.3 is 14.4 Å². The molecule has 1 heterocycles. The highest BCUT2D eigenvalue weighted by Gasteiger charge is 2.18. The zero-order chi connectivity index (χ0) is 13.0. The Hall–Kier alpha value is -0.870. The van der Waals surface area contributed by atoms with Crippen molar-refractivity contribution in [2.45, 2.75) is 13.5 Å². The highest BCUT2D eigenvalue weighted by atomic mass is 32.2. The maximum Gasteiger partial charge on any atom is 0.134 e. The molecule has 0 spiro atoms. The Balaban J connectivity index is 2.18. The first-order valence-electron chi connectivity index (χ1n) is 6.38. The lowest BCUT2D eigenvalue weighted by Crippen LogP contribution is -3.12. The molecule has 0 unspecified atom stereocenters. The summed E-state index contributed by atoms with van der Waals surface area (Å²) in [6.45, 7) is 5.61. The van der Waals surface area contributed by atoms with Gasteiger partial charge in [0.1, 0.15) is 18.0 Å². The molecule has 1 N–H and O–H groups in total. The van der Waals surface area contributed by atoms with Gasteiger partial charge >= 0.3 is 0 Å². The van der Waals surface area contributed by atoms with Crippen LogP contribution in [0.1, 0.15) is 11.1 Å². The van der Waals surface area contributed by atoms with Crippen molar-refractivity contribution in [2.24, 2.45) is 0 Å². The van der Waals surface area contributed by atoms with Crippen molar-refractivity contribution in [1.29, 1.82) is 0 Å². The quantitative estimate of drug-likeness (QED) is 0.886. The van der Waals surface area contributed by atoms with E-state index in [0.717, 1.165) is 23.6 Å². The van der Waals surface area contributed by atoms with Crippen molar-refractivity contribution in [3.8, 4) is 11.5 Å². The number of nitrogens with one attached hydrogen (secondary N) is 1. The number of hydrogen-bond acceptors (Lipinski definition) is 3. The molecule has 1 aromatic carbocycles. The summed E-state index contributed by atoms with van der Waals surface area (Å²) < 4.78 is 10.9. The first-order valence-corrected chi connectivity index (χ1v) is 7.53. The molecule has 1 saturated heterocycles. The molecule has 0 radical (unpaired) electrons. The lowest BCUT2D eigenvalue weighted by molar-refractivity contribution is -0.910. The molecular weight excluding hydrogens is 246 g/mol. The SMILES string of the molecule is COc1ccc(C[NH+]2CCSCC2)c(OC)c1C. The van der Waals surface area contributed by atoms with Crippen LogP contribution in [0.4, 0.5) is 0 Å². The third-order valence-electron chi connectivity index (χ3n) is 3.50. The van der Waals surface area contributed by atoms with E-state index in [1.165, 1.54) is 30.2 Å². The summed E-state index contributed by atoms with van der Waals surface area (Å²) in [5.74, 6) is 4.43. The number of rotatable bonds is 4. The maximum absolute atomic E-state index is 5.56. The predicted molar refractivity (Wildman–Crippen MR) is 76.0 cm³/mol. The third-order valence-corrected chi connectivity index (χ3v) is 4.49. The average molecular weight is 268 g/mol. The summed E-state index contributed by atoms with van der Waals surface area (Å²) in [6, 6.07) is 4.19. The highest BCUT2D eigenvalue weighted by molar-refractivity contribution is 7.99. The van der Waals surface area contributed by atoms with Gasteiger partial charge in [-0.3, -0.25) is 0 Å². The van der Waals surface area contributed by atoms with E-state index in [9.17, 15) is 0 Å². The van der Waals surface area contributed by atoms with Crippen LogP contribution in [-0.4, -0.2) is 38.8 Å². The van der Waals surface area contributed by atoms with E-state index >= 15 is 0 Å². The normalized spacial score (nSPS) is 16.6. The number of methoxy groups -OCH3 is 2. The van der Waals surface area contributed by atoms with Gasteiger partial charge in [-0.25, -0.2) is 0 Å². The summed E-state index contributed by atoms with van der Waals surface area (Å²) in [4.78, 5) is 1.65. The van der Waals surface area contributed by atoms with Crippen molar-refractivity contribution in [1.82, 2.24) is 0 Å². The minimum absolute atomic E-state index is 0.903. The first kappa shape index (κ1) is 13.6. The van der Waals surface area contributed by atoms with Gasteiger partial charge in [-0.1, -0.05) is 0 Å². The van der Waals surface area contributed by atoms with Crippen LogP contribution in [0, 0.1) is 6.92 Å². The van der Waals surface area contributed by atoms with Gasteiger partial charge in [0, 0.05) is 22.6 Å². The Labute approximate surface area is 113 Å². The Kier molecular flexibility index (Phi) is 4.78. The molecular formula is C14H22NO2S+. The Bertz CT molecular complexity index is 403. The fourth-order valence-electron chi connectivity index (χ4n) is 2.48. The van der Waals surface area contributed by atoms with Crippen molar-refractivity contribution in [3.63, 3.8) is 0 Å². The van der Waals surface area contributed by atoms with Gasteiger partial charge in [0.05, 0.1) is 27.3 Å². The topological polar surface area (TPSA) is 22.9 Å². The summed E-state index contributed by atoms with van der Waals surface area (Å²) in [6.07, 6.45) is 0. The Morgan fingerprint density at radius 2 is 1.89 bits per heavy atom. The van der Waals surface area contributed by atoms with Crippen LogP contribution in [0.25, 0.3) is 0 Å². The third kappa shape index (κ3) is 2.93. The summed E-state index contributed by atoms with van der Waals surface area (Å²) >= 11 is 2.06. The monoisotopic (exact) mass is 268 g/mol. The second-order valence-corrected chi connectivity index (χ2v) is 5.85. The zero-order valence-corrected chi connectivity index (χ0v) is 12.2. The van der Waals surface area contributed by atoms with Gasteiger partial charge in [0.15, 0.2) is 0 Å².